The van der Waals surface area contributed by atoms with Crippen molar-refractivity contribution in [2.24, 2.45) is 5.92 Å². The summed E-state index contributed by atoms with van der Waals surface area (Å²) in [6, 6.07) is 15.1. The minimum absolute atomic E-state index is 0.0450. The second-order valence-electron chi connectivity index (χ2n) is 7.15. The number of rotatable bonds is 7. The molecular weight excluding hydrogens is 359 g/mol. The molecule has 0 aliphatic carbocycles. The molecule has 1 N–H and O–H groups in total. The lowest BCUT2D eigenvalue weighted by Crippen LogP contribution is -2.43. The minimum atomic E-state index is -0.210. The number of benzene rings is 2. The van der Waals surface area contributed by atoms with E-state index in [-0.39, 0.29) is 17.6 Å². The highest BCUT2D eigenvalue weighted by molar-refractivity contribution is 7.99. The van der Waals surface area contributed by atoms with Crippen molar-refractivity contribution in [2.45, 2.75) is 31.2 Å². The maximum absolute atomic E-state index is 13.0. The highest BCUT2D eigenvalue weighted by atomic mass is 32.2. The average Bonchev–Trinajstić information content (AvgIpc) is 2.68. The fraction of sp³-hybridized carbons (Fsp3) is 0.409. The van der Waals surface area contributed by atoms with Crippen molar-refractivity contribution in [1.82, 2.24) is 10.2 Å². The fourth-order valence-corrected chi connectivity index (χ4v) is 4.15. The molecular formula is C22H27FN2OS. The van der Waals surface area contributed by atoms with Gasteiger partial charge in [-0.05, 0) is 56.1 Å². The zero-order valence-electron chi connectivity index (χ0n) is 15.8. The number of thioether (sulfide) groups is 1. The molecule has 2 aromatic rings. The van der Waals surface area contributed by atoms with Crippen LogP contribution in [0.3, 0.4) is 0 Å². The van der Waals surface area contributed by atoms with Gasteiger partial charge in [-0.25, -0.2) is 4.39 Å². The molecule has 1 fully saturated rings. The molecule has 3 nitrogen and oxygen atoms in total. The van der Waals surface area contributed by atoms with E-state index in [0.29, 0.717) is 6.54 Å². The Hall–Kier alpha value is -1.85. The van der Waals surface area contributed by atoms with Gasteiger partial charge in [-0.2, -0.15) is 0 Å². The van der Waals surface area contributed by atoms with Gasteiger partial charge < -0.3 is 5.32 Å². The third-order valence-electron chi connectivity index (χ3n) is 4.89. The van der Waals surface area contributed by atoms with Gasteiger partial charge in [0.1, 0.15) is 5.82 Å². The van der Waals surface area contributed by atoms with E-state index < -0.39 is 0 Å². The lowest BCUT2D eigenvalue weighted by molar-refractivity contribution is -0.126. The predicted molar refractivity (Wildman–Crippen MR) is 109 cm³/mol. The summed E-state index contributed by atoms with van der Waals surface area (Å²) in [7, 11) is 0. The molecule has 3 rings (SSSR count). The first-order valence-corrected chi connectivity index (χ1v) is 10.5. The molecule has 0 aromatic heterocycles. The van der Waals surface area contributed by atoms with Crippen molar-refractivity contribution in [3.05, 3.63) is 65.5 Å². The Morgan fingerprint density at radius 2 is 1.93 bits per heavy atom. The Balaban J connectivity index is 1.40. The first kappa shape index (κ1) is 19.9. The van der Waals surface area contributed by atoms with Crippen molar-refractivity contribution < 1.29 is 9.18 Å². The van der Waals surface area contributed by atoms with Crippen LogP contribution in [0.5, 0.6) is 0 Å². The largest absolute Gasteiger partial charge is 0.355 e. The van der Waals surface area contributed by atoms with Crippen LogP contribution >= 0.6 is 11.8 Å². The topological polar surface area (TPSA) is 32.3 Å². The Kier molecular flexibility index (Phi) is 7.30. The summed E-state index contributed by atoms with van der Waals surface area (Å²) in [5.74, 6) is 0.867. The number of hydrogen-bond donors (Lipinski definition) is 1. The summed E-state index contributed by atoms with van der Waals surface area (Å²) in [5, 5.41) is 3.09. The van der Waals surface area contributed by atoms with Crippen LogP contribution in [0.1, 0.15) is 24.0 Å². The van der Waals surface area contributed by atoms with E-state index in [1.165, 1.54) is 22.6 Å². The molecule has 0 radical (unpaired) electrons. The molecule has 0 saturated carbocycles. The van der Waals surface area contributed by atoms with Crippen LogP contribution in [0.4, 0.5) is 4.39 Å². The van der Waals surface area contributed by atoms with Crippen LogP contribution in [0.2, 0.25) is 0 Å². The predicted octanol–water partition coefficient (Wildman–Crippen LogP) is 4.25. The standard InChI is InChI=1S/C22H27FN2OS/c1-17-4-10-21(11-5-17)27-14-12-24-22(26)19-3-2-13-25(16-19)15-18-6-8-20(23)9-7-18/h4-11,19H,2-3,12-16H2,1H3,(H,24,26)/t19-/m1/s1. The van der Waals surface area contributed by atoms with Gasteiger partial charge in [-0.15, -0.1) is 11.8 Å². The second kappa shape index (κ2) is 9.90. The van der Waals surface area contributed by atoms with E-state index >= 15 is 0 Å². The van der Waals surface area contributed by atoms with Crippen molar-refractivity contribution in [2.75, 3.05) is 25.4 Å². The number of amides is 1. The molecule has 1 saturated heterocycles. The van der Waals surface area contributed by atoms with Crippen LogP contribution in [-0.2, 0) is 11.3 Å². The smallest absolute Gasteiger partial charge is 0.224 e. The molecule has 2 aromatic carbocycles. The number of nitrogens with one attached hydrogen (secondary N) is 1. The number of nitrogens with zero attached hydrogens (tertiary/aromatic N) is 1. The number of likely N-dealkylation sites (tertiary alicyclic amines) is 1. The number of halogens is 1. The van der Waals surface area contributed by atoms with Crippen molar-refractivity contribution >= 4 is 17.7 Å². The van der Waals surface area contributed by atoms with E-state index in [1.54, 1.807) is 11.8 Å². The molecule has 1 aliphatic rings. The molecule has 0 unspecified atom stereocenters. The Bertz CT molecular complexity index is 733. The van der Waals surface area contributed by atoms with Crippen LogP contribution in [0.15, 0.2) is 53.4 Å². The maximum Gasteiger partial charge on any atom is 0.224 e. The molecule has 0 spiro atoms. The summed E-state index contributed by atoms with van der Waals surface area (Å²) in [5.41, 5.74) is 2.35. The normalized spacial score (nSPS) is 17.6. The first-order valence-electron chi connectivity index (χ1n) is 9.54. The number of aryl methyl sites for hydroxylation is 1. The summed E-state index contributed by atoms with van der Waals surface area (Å²) in [6.45, 7) is 5.30. The summed E-state index contributed by atoms with van der Waals surface area (Å²) in [4.78, 5) is 16.0. The highest BCUT2D eigenvalue weighted by Crippen LogP contribution is 2.20. The zero-order valence-corrected chi connectivity index (χ0v) is 16.6. The molecule has 144 valence electrons. The molecule has 1 atom stereocenters. The van der Waals surface area contributed by atoms with Crippen LogP contribution < -0.4 is 5.32 Å². The third kappa shape index (κ3) is 6.36. The molecule has 1 amide bonds. The van der Waals surface area contributed by atoms with E-state index in [2.05, 4.69) is 41.4 Å². The third-order valence-corrected chi connectivity index (χ3v) is 5.90. The number of carbonyl (C=O) groups excluding carboxylic acids is 1. The summed E-state index contributed by atoms with van der Waals surface area (Å²) < 4.78 is 13.0. The quantitative estimate of drug-likeness (QED) is 0.570. The molecule has 0 bridgehead atoms. The van der Waals surface area contributed by atoms with E-state index in [9.17, 15) is 9.18 Å². The first-order chi connectivity index (χ1) is 13.1. The Labute approximate surface area is 165 Å². The van der Waals surface area contributed by atoms with E-state index in [1.807, 2.05) is 12.1 Å². The zero-order chi connectivity index (χ0) is 19.1. The second-order valence-corrected chi connectivity index (χ2v) is 8.32. The van der Waals surface area contributed by atoms with E-state index in [0.717, 1.165) is 43.8 Å². The highest BCUT2D eigenvalue weighted by Gasteiger charge is 2.25. The van der Waals surface area contributed by atoms with Gasteiger partial charge in [0.05, 0.1) is 5.92 Å². The fourth-order valence-electron chi connectivity index (χ4n) is 3.38. The maximum atomic E-state index is 13.0. The van der Waals surface area contributed by atoms with E-state index in [4.69, 9.17) is 0 Å². The minimum Gasteiger partial charge on any atom is -0.355 e. The van der Waals surface area contributed by atoms with Crippen molar-refractivity contribution in [3.8, 4) is 0 Å². The number of carbonyl (C=O) groups is 1. The summed E-state index contributed by atoms with van der Waals surface area (Å²) in [6.07, 6.45) is 1.97. The molecule has 5 heteroatoms. The van der Waals surface area contributed by atoms with Crippen molar-refractivity contribution in [1.29, 1.82) is 0 Å². The van der Waals surface area contributed by atoms with Gasteiger partial charge >= 0.3 is 0 Å². The van der Waals surface area contributed by atoms with Gasteiger partial charge in [-0.3, -0.25) is 9.69 Å². The summed E-state index contributed by atoms with van der Waals surface area (Å²) >= 11 is 1.77. The van der Waals surface area contributed by atoms with Gasteiger partial charge in [0, 0.05) is 30.3 Å². The van der Waals surface area contributed by atoms with Gasteiger partial charge in [0.25, 0.3) is 0 Å². The number of hydrogen-bond acceptors (Lipinski definition) is 3. The van der Waals surface area contributed by atoms with Crippen LogP contribution in [0, 0.1) is 18.7 Å². The average molecular weight is 387 g/mol. The molecule has 1 heterocycles. The van der Waals surface area contributed by atoms with Gasteiger partial charge in [-0.1, -0.05) is 29.8 Å². The molecule has 1 aliphatic heterocycles. The van der Waals surface area contributed by atoms with Crippen LogP contribution in [-0.4, -0.2) is 36.2 Å². The Morgan fingerprint density at radius 3 is 2.67 bits per heavy atom. The van der Waals surface area contributed by atoms with Gasteiger partial charge in [0.15, 0.2) is 0 Å². The van der Waals surface area contributed by atoms with Crippen molar-refractivity contribution in [3.63, 3.8) is 0 Å². The number of piperidine rings is 1. The van der Waals surface area contributed by atoms with Gasteiger partial charge in [0.2, 0.25) is 5.91 Å². The monoisotopic (exact) mass is 386 g/mol. The lowest BCUT2D eigenvalue weighted by Gasteiger charge is -2.32. The SMILES string of the molecule is Cc1ccc(SCCNC(=O)[C@@H]2CCCN(Cc3ccc(F)cc3)C2)cc1. The van der Waals surface area contributed by atoms with Crippen LogP contribution in [0.25, 0.3) is 0 Å². The Morgan fingerprint density at radius 1 is 1.19 bits per heavy atom. The lowest BCUT2D eigenvalue weighted by atomic mass is 9.96. The molecule has 27 heavy (non-hydrogen) atoms.